The molecule has 24 heavy (non-hydrogen) atoms. The maximum absolute atomic E-state index is 12.4. The van der Waals surface area contributed by atoms with Crippen molar-refractivity contribution in [2.75, 3.05) is 25.5 Å². The maximum Gasteiger partial charge on any atom is 0.223 e. The average Bonchev–Trinajstić information content (AvgIpc) is 2.95. The van der Waals surface area contributed by atoms with Gasteiger partial charge in [-0.25, -0.2) is 4.98 Å². The number of carbonyl (C=O) groups is 2. The van der Waals surface area contributed by atoms with Crippen molar-refractivity contribution in [1.29, 1.82) is 0 Å². The molecule has 126 valence electrons. The Morgan fingerprint density at radius 2 is 2.08 bits per heavy atom. The van der Waals surface area contributed by atoms with E-state index in [-0.39, 0.29) is 11.7 Å². The van der Waals surface area contributed by atoms with Crippen molar-refractivity contribution in [2.24, 2.45) is 0 Å². The van der Waals surface area contributed by atoms with Crippen molar-refractivity contribution in [3.05, 3.63) is 40.4 Å². The van der Waals surface area contributed by atoms with Crippen molar-refractivity contribution in [3.8, 4) is 5.75 Å². The van der Waals surface area contributed by atoms with Crippen molar-refractivity contribution < 1.29 is 14.3 Å². The molecule has 0 bridgehead atoms. The molecular formula is C17H19N3O3S. The molecule has 0 atom stereocenters. The van der Waals surface area contributed by atoms with Gasteiger partial charge in [-0.3, -0.25) is 14.5 Å². The topological polar surface area (TPSA) is 71.5 Å². The summed E-state index contributed by atoms with van der Waals surface area (Å²) in [6.45, 7) is 3.33. The third-order valence-corrected chi connectivity index (χ3v) is 4.87. The summed E-state index contributed by atoms with van der Waals surface area (Å²) in [6, 6.07) is 7.17. The summed E-state index contributed by atoms with van der Waals surface area (Å²) in [6.07, 6.45) is 0.793. The van der Waals surface area contributed by atoms with E-state index >= 15 is 0 Å². The number of ketones is 1. The number of benzene rings is 1. The minimum Gasteiger partial charge on any atom is -0.497 e. The molecule has 0 radical (unpaired) electrons. The Balaban J connectivity index is 1.63. The largest absolute Gasteiger partial charge is 0.497 e. The molecule has 1 aromatic heterocycles. The van der Waals surface area contributed by atoms with E-state index in [1.165, 1.54) is 18.3 Å². The zero-order valence-corrected chi connectivity index (χ0v) is 14.5. The zero-order chi connectivity index (χ0) is 17.1. The summed E-state index contributed by atoms with van der Waals surface area (Å²) in [5.41, 5.74) is 1.71. The van der Waals surface area contributed by atoms with Crippen LogP contribution < -0.4 is 10.1 Å². The number of hydrogen-bond acceptors (Lipinski definition) is 6. The minimum absolute atomic E-state index is 0.0905. The third-order valence-electron chi connectivity index (χ3n) is 3.87. The second-order valence-electron chi connectivity index (χ2n) is 5.68. The van der Waals surface area contributed by atoms with Crippen LogP contribution in [0.3, 0.4) is 0 Å². The van der Waals surface area contributed by atoms with E-state index in [2.05, 4.69) is 15.2 Å². The molecule has 1 amide bonds. The standard InChI is InChI=1S/C17H19N3O3S/c1-11(21)18-17-19-14-7-8-20(10-16(14)24-17)9-15(22)12-3-5-13(23-2)6-4-12/h3-6H,7-10H2,1-2H3,(H,18,19,21). The average molecular weight is 345 g/mol. The number of amides is 1. The first-order valence-electron chi connectivity index (χ1n) is 7.71. The number of aromatic nitrogens is 1. The highest BCUT2D eigenvalue weighted by Crippen LogP contribution is 2.28. The van der Waals surface area contributed by atoms with E-state index in [1.807, 2.05) is 0 Å². The molecule has 2 heterocycles. The van der Waals surface area contributed by atoms with Gasteiger partial charge in [0.05, 0.1) is 19.3 Å². The van der Waals surface area contributed by atoms with E-state index in [4.69, 9.17) is 4.74 Å². The smallest absolute Gasteiger partial charge is 0.223 e. The first-order chi connectivity index (χ1) is 11.5. The second kappa shape index (κ2) is 7.11. The molecule has 0 spiro atoms. The number of anilines is 1. The number of hydrogen-bond donors (Lipinski definition) is 1. The van der Waals surface area contributed by atoms with Gasteiger partial charge in [-0.1, -0.05) is 0 Å². The van der Waals surface area contributed by atoms with Crippen LogP contribution in [0.15, 0.2) is 24.3 Å². The molecule has 1 aromatic carbocycles. The predicted octanol–water partition coefficient (Wildman–Crippen LogP) is 2.35. The van der Waals surface area contributed by atoms with Crippen LogP contribution in [0.2, 0.25) is 0 Å². The van der Waals surface area contributed by atoms with Crippen molar-refractivity contribution >= 4 is 28.2 Å². The Kier molecular flexibility index (Phi) is 4.92. The van der Waals surface area contributed by atoms with E-state index in [0.717, 1.165) is 29.3 Å². The molecule has 2 aromatic rings. The Hall–Kier alpha value is -2.25. The van der Waals surface area contributed by atoms with Crippen LogP contribution >= 0.6 is 11.3 Å². The second-order valence-corrected chi connectivity index (χ2v) is 6.77. The van der Waals surface area contributed by atoms with Crippen LogP contribution in [0.4, 0.5) is 5.13 Å². The number of nitrogens with zero attached hydrogens (tertiary/aromatic N) is 2. The van der Waals surface area contributed by atoms with Crippen LogP contribution in [0.1, 0.15) is 27.9 Å². The molecule has 3 rings (SSSR count). The predicted molar refractivity (Wildman–Crippen MR) is 92.7 cm³/mol. The fourth-order valence-electron chi connectivity index (χ4n) is 2.66. The summed E-state index contributed by atoms with van der Waals surface area (Å²) in [5.74, 6) is 0.713. The van der Waals surface area contributed by atoms with Gasteiger partial charge < -0.3 is 10.1 Å². The van der Waals surface area contributed by atoms with Gasteiger partial charge in [-0.05, 0) is 24.3 Å². The molecule has 0 fully saturated rings. The van der Waals surface area contributed by atoms with E-state index in [9.17, 15) is 9.59 Å². The van der Waals surface area contributed by atoms with Crippen LogP contribution in [-0.2, 0) is 17.8 Å². The van der Waals surface area contributed by atoms with Gasteiger partial charge in [0.15, 0.2) is 10.9 Å². The number of fused-ring (bicyclic) bond motifs is 1. The lowest BCUT2D eigenvalue weighted by Gasteiger charge is -2.25. The van der Waals surface area contributed by atoms with Crippen LogP contribution in [0, 0.1) is 0 Å². The molecule has 1 aliphatic heterocycles. The molecule has 0 unspecified atom stereocenters. The minimum atomic E-state index is -0.118. The maximum atomic E-state index is 12.4. The third kappa shape index (κ3) is 3.80. The van der Waals surface area contributed by atoms with Crippen LogP contribution in [-0.4, -0.2) is 41.8 Å². The lowest BCUT2D eigenvalue weighted by Crippen LogP contribution is -2.34. The number of Topliss-reactive ketones (excluding diaryl/α,β-unsaturated/α-hetero) is 1. The quantitative estimate of drug-likeness (QED) is 0.842. The SMILES string of the molecule is COc1ccc(C(=O)CN2CCc3nc(NC(C)=O)sc3C2)cc1. The summed E-state index contributed by atoms with van der Waals surface area (Å²) >= 11 is 1.48. The number of rotatable bonds is 5. The van der Waals surface area contributed by atoms with Gasteiger partial charge in [0.2, 0.25) is 5.91 Å². The summed E-state index contributed by atoms with van der Waals surface area (Å²) < 4.78 is 5.11. The fraction of sp³-hybridized carbons (Fsp3) is 0.353. The van der Waals surface area contributed by atoms with E-state index in [0.29, 0.717) is 23.8 Å². The number of carbonyl (C=O) groups excluding carboxylic acids is 2. The first kappa shape index (κ1) is 16.6. The van der Waals surface area contributed by atoms with Crippen molar-refractivity contribution in [1.82, 2.24) is 9.88 Å². The lowest BCUT2D eigenvalue weighted by atomic mass is 10.1. The van der Waals surface area contributed by atoms with E-state index < -0.39 is 0 Å². The van der Waals surface area contributed by atoms with Gasteiger partial charge in [0.1, 0.15) is 5.75 Å². The number of ether oxygens (including phenoxy) is 1. The molecule has 0 saturated heterocycles. The zero-order valence-electron chi connectivity index (χ0n) is 13.7. The monoisotopic (exact) mass is 345 g/mol. The highest BCUT2D eigenvalue weighted by molar-refractivity contribution is 7.15. The molecule has 0 aliphatic carbocycles. The fourth-order valence-corrected chi connectivity index (χ4v) is 3.76. The summed E-state index contributed by atoms with van der Waals surface area (Å²) in [7, 11) is 1.60. The number of methoxy groups -OCH3 is 1. The molecular weight excluding hydrogens is 326 g/mol. The highest BCUT2D eigenvalue weighted by Gasteiger charge is 2.23. The summed E-state index contributed by atoms with van der Waals surface area (Å²) in [4.78, 5) is 31.2. The van der Waals surface area contributed by atoms with Gasteiger partial charge in [0, 0.05) is 36.9 Å². The first-order valence-corrected chi connectivity index (χ1v) is 8.52. The van der Waals surface area contributed by atoms with Crippen molar-refractivity contribution in [2.45, 2.75) is 19.9 Å². The van der Waals surface area contributed by atoms with Gasteiger partial charge in [-0.2, -0.15) is 0 Å². The number of thiazole rings is 1. The normalized spacial score (nSPS) is 14.1. The van der Waals surface area contributed by atoms with Gasteiger partial charge in [-0.15, -0.1) is 11.3 Å². The van der Waals surface area contributed by atoms with E-state index in [1.54, 1.807) is 31.4 Å². The molecule has 0 saturated carbocycles. The lowest BCUT2D eigenvalue weighted by molar-refractivity contribution is -0.114. The Labute approximate surface area is 144 Å². The molecule has 7 heteroatoms. The molecule has 6 nitrogen and oxygen atoms in total. The summed E-state index contributed by atoms with van der Waals surface area (Å²) in [5, 5.41) is 3.36. The molecule has 1 aliphatic rings. The van der Waals surface area contributed by atoms with Crippen LogP contribution in [0.5, 0.6) is 5.75 Å². The Morgan fingerprint density at radius 3 is 2.75 bits per heavy atom. The van der Waals surface area contributed by atoms with Gasteiger partial charge >= 0.3 is 0 Å². The van der Waals surface area contributed by atoms with Crippen LogP contribution in [0.25, 0.3) is 0 Å². The Morgan fingerprint density at radius 1 is 1.33 bits per heavy atom. The van der Waals surface area contributed by atoms with Crippen molar-refractivity contribution in [3.63, 3.8) is 0 Å². The highest BCUT2D eigenvalue weighted by atomic mass is 32.1. The Bertz CT molecular complexity index is 755. The van der Waals surface area contributed by atoms with Gasteiger partial charge in [0.25, 0.3) is 0 Å². The molecule has 1 N–H and O–H groups in total. The number of nitrogens with one attached hydrogen (secondary N) is 1.